The third kappa shape index (κ3) is 4.06. The van der Waals surface area contributed by atoms with Crippen molar-refractivity contribution in [3.63, 3.8) is 0 Å². The SMILES string of the molecule is COC(=O)CN1C(=O)CN2C=C3CCCCCCC(C(C(=O)OC)=C3C(=O)OC)C21. The summed E-state index contributed by atoms with van der Waals surface area (Å²) in [5.74, 6) is -2.49. The Morgan fingerprint density at radius 2 is 1.70 bits per heavy atom. The molecule has 0 aromatic heterocycles. The van der Waals surface area contributed by atoms with E-state index in [1.54, 1.807) is 6.20 Å². The number of hydrogen-bond acceptors (Lipinski definition) is 8. The molecule has 3 rings (SSSR count). The summed E-state index contributed by atoms with van der Waals surface area (Å²) in [4.78, 5) is 53.7. The highest BCUT2D eigenvalue weighted by Crippen LogP contribution is 2.41. The monoisotopic (exact) mass is 420 g/mol. The van der Waals surface area contributed by atoms with Crippen LogP contribution in [0.15, 0.2) is 22.9 Å². The van der Waals surface area contributed by atoms with Crippen molar-refractivity contribution in [3.05, 3.63) is 22.9 Å². The molecule has 9 nitrogen and oxygen atoms in total. The molecule has 2 atom stereocenters. The molecule has 0 saturated carbocycles. The van der Waals surface area contributed by atoms with Crippen molar-refractivity contribution in [1.29, 1.82) is 0 Å². The van der Waals surface area contributed by atoms with Gasteiger partial charge >= 0.3 is 17.9 Å². The summed E-state index contributed by atoms with van der Waals surface area (Å²) in [6.45, 7) is -0.164. The van der Waals surface area contributed by atoms with Crippen molar-refractivity contribution in [2.75, 3.05) is 34.4 Å². The lowest BCUT2D eigenvalue weighted by atomic mass is 9.83. The van der Waals surface area contributed by atoms with Crippen LogP contribution in [0.5, 0.6) is 0 Å². The summed E-state index contributed by atoms with van der Waals surface area (Å²) in [7, 11) is 3.81. The molecular weight excluding hydrogens is 392 g/mol. The summed E-state index contributed by atoms with van der Waals surface area (Å²) < 4.78 is 14.9. The van der Waals surface area contributed by atoms with E-state index in [-0.39, 0.29) is 30.1 Å². The predicted octanol–water partition coefficient (Wildman–Crippen LogP) is 1.14. The number of hydrogen-bond donors (Lipinski definition) is 0. The number of ether oxygens (including phenoxy) is 3. The number of nitrogens with zero attached hydrogens (tertiary/aromatic N) is 2. The molecule has 0 N–H and O–H groups in total. The molecule has 0 radical (unpaired) electrons. The molecular formula is C21H28N2O7. The molecule has 1 fully saturated rings. The first-order valence-corrected chi connectivity index (χ1v) is 10.2. The van der Waals surface area contributed by atoms with Crippen LogP contribution >= 0.6 is 0 Å². The summed E-state index contributed by atoms with van der Waals surface area (Å²) in [5, 5.41) is 0. The van der Waals surface area contributed by atoms with Crippen molar-refractivity contribution < 1.29 is 33.4 Å². The van der Waals surface area contributed by atoms with Crippen LogP contribution in [-0.2, 0) is 33.4 Å². The van der Waals surface area contributed by atoms with Gasteiger partial charge in [0.1, 0.15) is 12.7 Å². The maximum Gasteiger partial charge on any atom is 0.338 e. The topological polar surface area (TPSA) is 102 Å². The lowest BCUT2D eigenvalue weighted by Crippen LogP contribution is -2.47. The summed E-state index contributed by atoms with van der Waals surface area (Å²) in [6.07, 6.45) is 5.99. The molecule has 1 saturated heterocycles. The second-order valence-corrected chi connectivity index (χ2v) is 7.67. The van der Waals surface area contributed by atoms with Crippen LogP contribution in [0, 0.1) is 5.92 Å². The minimum absolute atomic E-state index is 0.0601. The maximum absolute atomic E-state index is 12.9. The highest BCUT2D eigenvalue weighted by molar-refractivity contribution is 6.04. The van der Waals surface area contributed by atoms with E-state index in [9.17, 15) is 19.2 Å². The molecule has 2 heterocycles. The van der Waals surface area contributed by atoms with Crippen molar-refractivity contribution in [2.45, 2.75) is 44.7 Å². The Morgan fingerprint density at radius 1 is 1.00 bits per heavy atom. The van der Waals surface area contributed by atoms with Gasteiger partial charge < -0.3 is 24.0 Å². The Hall–Kier alpha value is -2.84. The Morgan fingerprint density at radius 3 is 2.37 bits per heavy atom. The molecule has 2 bridgehead atoms. The maximum atomic E-state index is 12.9. The van der Waals surface area contributed by atoms with E-state index in [0.717, 1.165) is 25.7 Å². The standard InChI is InChI=1S/C21H28N2O7/c1-28-16(25)12-23-15(24)11-22-10-13-8-6-4-5-7-9-14(19(22)23)18(21(27)30-3)17(13)20(26)29-2/h10,14,19H,4-9,11-12H2,1-3H3. The van der Waals surface area contributed by atoms with Gasteiger partial charge in [-0.1, -0.05) is 19.3 Å². The number of esters is 3. The van der Waals surface area contributed by atoms with Crippen molar-refractivity contribution in [3.8, 4) is 0 Å². The predicted molar refractivity (Wildman–Crippen MR) is 105 cm³/mol. The van der Waals surface area contributed by atoms with Gasteiger partial charge in [-0.15, -0.1) is 0 Å². The normalized spacial score (nSPS) is 24.1. The second-order valence-electron chi connectivity index (χ2n) is 7.67. The van der Waals surface area contributed by atoms with Gasteiger partial charge in [0.15, 0.2) is 0 Å². The van der Waals surface area contributed by atoms with E-state index in [1.807, 2.05) is 4.90 Å². The first-order chi connectivity index (χ1) is 14.4. The lowest BCUT2D eigenvalue weighted by molar-refractivity contribution is -0.147. The Balaban J connectivity index is 2.21. The minimum atomic E-state index is -0.619. The Kier molecular flexibility index (Phi) is 6.79. The first-order valence-electron chi connectivity index (χ1n) is 10.2. The van der Waals surface area contributed by atoms with Gasteiger partial charge in [0.25, 0.3) is 0 Å². The third-order valence-corrected chi connectivity index (χ3v) is 5.97. The highest BCUT2D eigenvalue weighted by Gasteiger charge is 2.48. The lowest BCUT2D eigenvalue weighted by Gasteiger charge is -2.35. The zero-order valence-corrected chi connectivity index (χ0v) is 17.6. The number of carbonyl (C=O) groups is 4. The number of methoxy groups -OCH3 is 3. The molecule has 30 heavy (non-hydrogen) atoms. The Labute approximate surface area is 175 Å². The summed E-state index contributed by atoms with van der Waals surface area (Å²) >= 11 is 0. The molecule has 1 amide bonds. The van der Waals surface area contributed by atoms with Gasteiger partial charge in [-0.25, -0.2) is 9.59 Å². The molecule has 164 valence electrons. The van der Waals surface area contributed by atoms with E-state index in [4.69, 9.17) is 14.2 Å². The fourth-order valence-corrected chi connectivity index (χ4v) is 4.62. The first kappa shape index (κ1) is 21.9. The Bertz CT molecular complexity index is 801. The quantitative estimate of drug-likeness (QED) is 0.493. The molecule has 0 aromatic rings. The van der Waals surface area contributed by atoms with E-state index in [0.29, 0.717) is 18.4 Å². The van der Waals surface area contributed by atoms with Gasteiger partial charge in [-0.2, -0.15) is 0 Å². The zero-order chi connectivity index (χ0) is 21.8. The average Bonchev–Trinajstić information content (AvgIpc) is 2.95. The fourth-order valence-electron chi connectivity index (χ4n) is 4.62. The molecule has 2 aliphatic heterocycles. The van der Waals surface area contributed by atoms with E-state index in [2.05, 4.69) is 0 Å². The van der Waals surface area contributed by atoms with Crippen LogP contribution in [0.1, 0.15) is 38.5 Å². The number of rotatable bonds is 4. The third-order valence-electron chi connectivity index (χ3n) is 5.97. The molecule has 9 heteroatoms. The molecule has 3 aliphatic rings. The van der Waals surface area contributed by atoms with Gasteiger partial charge in [0, 0.05) is 12.1 Å². The van der Waals surface area contributed by atoms with Crippen LogP contribution in [0.25, 0.3) is 0 Å². The van der Waals surface area contributed by atoms with Crippen LogP contribution in [0.3, 0.4) is 0 Å². The average molecular weight is 420 g/mol. The van der Waals surface area contributed by atoms with Gasteiger partial charge in [-0.3, -0.25) is 9.59 Å². The molecule has 2 unspecified atom stereocenters. The second kappa shape index (κ2) is 9.32. The van der Waals surface area contributed by atoms with E-state index in [1.165, 1.54) is 26.2 Å². The van der Waals surface area contributed by atoms with Crippen molar-refractivity contribution >= 4 is 23.8 Å². The number of amides is 1. The van der Waals surface area contributed by atoms with Gasteiger partial charge in [0.05, 0.1) is 39.0 Å². The van der Waals surface area contributed by atoms with E-state index >= 15 is 0 Å². The van der Waals surface area contributed by atoms with E-state index < -0.39 is 30.0 Å². The largest absolute Gasteiger partial charge is 0.468 e. The molecule has 1 aliphatic carbocycles. The minimum Gasteiger partial charge on any atom is -0.468 e. The van der Waals surface area contributed by atoms with Gasteiger partial charge in [0.2, 0.25) is 5.91 Å². The number of carbonyl (C=O) groups excluding carboxylic acids is 4. The van der Waals surface area contributed by atoms with Crippen LogP contribution < -0.4 is 0 Å². The summed E-state index contributed by atoms with van der Waals surface area (Å²) in [6, 6.07) is 0. The zero-order valence-electron chi connectivity index (χ0n) is 17.6. The van der Waals surface area contributed by atoms with Crippen LogP contribution in [0.2, 0.25) is 0 Å². The highest BCUT2D eigenvalue weighted by atomic mass is 16.5. The van der Waals surface area contributed by atoms with Gasteiger partial charge in [-0.05, 0) is 24.8 Å². The van der Waals surface area contributed by atoms with Crippen LogP contribution in [0.4, 0.5) is 0 Å². The van der Waals surface area contributed by atoms with Crippen molar-refractivity contribution in [2.24, 2.45) is 5.92 Å². The van der Waals surface area contributed by atoms with Crippen molar-refractivity contribution in [1.82, 2.24) is 9.80 Å². The van der Waals surface area contributed by atoms with Crippen LogP contribution in [-0.4, -0.2) is 74.2 Å². The molecule has 0 aromatic carbocycles. The summed E-state index contributed by atoms with van der Waals surface area (Å²) in [5.41, 5.74) is 1.09. The smallest absolute Gasteiger partial charge is 0.338 e. The fraction of sp³-hybridized carbons (Fsp3) is 0.619. The number of fused-ring (bicyclic) bond motifs is 4. The molecule has 0 spiro atoms.